The molecule has 0 aliphatic carbocycles. The van der Waals surface area contributed by atoms with Crippen LogP contribution in [0.25, 0.3) is 21.9 Å². The third-order valence-corrected chi connectivity index (χ3v) is 7.45. The summed E-state index contributed by atoms with van der Waals surface area (Å²) in [4.78, 5) is 56.4. The van der Waals surface area contributed by atoms with Gasteiger partial charge in [-0.1, -0.05) is 48.5 Å². The number of pyridine rings is 1. The largest absolute Gasteiger partial charge is 0.508 e. The molecule has 0 radical (unpaired) electrons. The van der Waals surface area contributed by atoms with Gasteiger partial charge in [-0.3, -0.25) is 19.3 Å². The average molecular weight is 655 g/mol. The number of nitrogens with one attached hydrogen (secondary N) is 2. The van der Waals surface area contributed by atoms with Gasteiger partial charge < -0.3 is 25.2 Å². The molecule has 1 heterocycles. The molecule has 11 heteroatoms. The van der Waals surface area contributed by atoms with Crippen LogP contribution >= 0.6 is 0 Å². The summed E-state index contributed by atoms with van der Waals surface area (Å²) in [7, 11) is 1.28. The smallest absolute Gasteiger partial charge is 0.416 e. The molecule has 252 valence electrons. The van der Waals surface area contributed by atoms with Crippen molar-refractivity contribution in [2.45, 2.75) is 58.6 Å². The number of phenols is 1. The number of ether oxygens (including phenoxy) is 2. The Hall–Kier alpha value is -5.45. The van der Waals surface area contributed by atoms with Gasteiger partial charge in [0.25, 0.3) is 0 Å². The topological polar surface area (TPSA) is 147 Å². The highest BCUT2D eigenvalue weighted by molar-refractivity contribution is 5.97. The number of carbonyl (C=O) groups is 4. The summed E-state index contributed by atoms with van der Waals surface area (Å²) in [6.45, 7) is 7.09. The normalized spacial score (nSPS) is 11.8. The van der Waals surface area contributed by atoms with Gasteiger partial charge in [-0.2, -0.15) is 0 Å². The molecule has 3 N–H and O–H groups in total. The summed E-state index contributed by atoms with van der Waals surface area (Å²) in [5.74, 6) is -0.769. The molecule has 3 amide bonds. The highest BCUT2D eigenvalue weighted by Crippen LogP contribution is 2.32. The first kappa shape index (κ1) is 35.4. The van der Waals surface area contributed by atoms with Crippen LogP contribution in [0, 0.1) is 6.92 Å². The van der Waals surface area contributed by atoms with E-state index in [2.05, 4.69) is 15.6 Å². The van der Waals surface area contributed by atoms with Gasteiger partial charge in [0.2, 0.25) is 11.8 Å². The van der Waals surface area contributed by atoms with Crippen LogP contribution in [0.3, 0.4) is 0 Å². The fourth-order valence-corrected chi connectivity index (χ4v) is 5.10. The van der Waals surface area contributed by atoms with E-state index in [4.69, 9.17) is 9.47 Å². The van der Waals surface area contributed by atoms with E-state index in [1.807, 2.05) is 61.5 Å². The third kappa shape index (κ3) is 10.0. The highest BCUT2D eigenvalue weighted by atomic mass is 16.6. The number of hydrogen-bond acceptors (Lipinski definition) is 8. The van der Waals surface area contributed by atoms with Crippen LogP contribution in [0.5, 0.6) is 5.75 Å². The molecule has 0 saturated carbocycles. The number of aryl methyl sites for hydroxylation is 1. The first-order valence-corrected chi connectivity index (χ1v) is 15.7. The Bertz CT molecular complexity index is 1770. The number of methoxy groups -OCH3 is 1. The number of aromatic hydroxyl groups is 1. The molecule has 0 spiro atoms. The Labute approximate surface area is 280 Å². The van der Waals surface area contributed by atoms with Crippen molar-refractivity contribution in [3.8, 4) is 16.9 Å². The van der Waals surface area contributed by atoms with Gasteiger partial charge in [0.15, 0.2) is 0 Å². The van der Waals surface area contributed by atoms with Gasteiger partial charge in [0.05, 0.1) is 26.1 Å². The molecule has 3 aromatic carbocycles. The van der Waals surface area contributed by atoms with E-state index < -0.39 is 29.6 Å². The van der Waals surface area contributed by atoms with Crippen molar-refractivity contribution >= 4 is 40.5 Å². The molecule has 0 aliphatic rings. The maximum absolute atomic E-state index is 12.9. The number of fused-ring (bicyclic) bond motifs is 1. The van der Waals surface area contributed by atoms with E-state index in [9.17, 15) is 24.3 Å². The van der Waals surface area contributed by atoms with Crippen molar-refractivity contribution < 1.29 is 33.8 Å². The fourth-order valence-electron chi connectivity index (χ4n) is 5.10. The molecule has 0 saturated heterocycles. The van der Waals surface area contributed by atoms with Crippen molar-refractivity contribution in [1.82, 2.24) is 15.6 Å². The van der Waals surface area contributed by atoms with Gasteiger partial charge in [-0.25, -0.2) is 9.78 Å². The van der Waals surface area contributed by atoms with E-state index in [1.54, 1.807) is 45.2 Å². The number of amides is 3. The maximum atomic E-state index is 12.9. The lowest BCUT2D eigenvalue weighted by atomic mass is 9.95. The zero-order valence-corrected chi connectivity index (χ0v) is 27.9. The number of hydrogen-bond donors (Lipinski definition) is 3. The zero-order valence-electron chi connectivity index (χ0n) is 27.9. The number of aromatic nitrogens is 1. The van der Waals surface area contributed by atoms with E-state index >= 15 is 0 Å². The summed E-state index contributed by atoms with van der Waals surface area (Å²) >= 11 is 0. The van der Waals surface area contributed by atoms with Gasteiger partial charge in [0, 0.05) is 19.2 Å². The van der Waals surface area contributed by atoms with Crippen LogP contribution < -0.4 is 15.5 Å². The van der Waals surface area contributed by atoms with Gasteiger partial charge in [0.1, 0.15) is 17.2 Å². The molecular formula is C37H42N4O7. The fraction of sp³-hybridized carbons (Fsp3) is 0.324. The van der Waals surface area contributed by atoms with Crippen LogP contribution in [0.1, 0.15) is 57.2 Å². The zero-order chi connectivity index (χ0) is 34.8. The number of rotatable bonds is 12. The molecule has 0 unspecified atom stereocenters. The molecule has 0 bridgehead atoms. The molecule has 0 aliphatic heterocycles. The summed E-state index contributed by atoms with van der Waals surface area (Å²) < 4.78 is 10.4. The lowest BCUT2D eigenvalue weighted by Crippen LogP contribution is -2.40. The number of phenolic OH excluding ortho intramolecular Hbond substituents is 1. The second kappa shape index (κ2) is 15.9. The third-order valence-electron chi connectivity index (χ3n) is 7.45. The van der Waals surface area contributed by atoms with Crippen LogP contribution in [0.15, 0.2) is 79.0 Å². The van der Waals surface area contributed by atoms with Crippen molar-refractivity contribution in [3.05, 3.63) is 90.1 Å². The quantitative estimate of drug-likeness (QED) is 0.158. The van der Waals surface area contributed by atoms with Crippen LogP contribution in [-0.2, 0) is 23.9 Å². The predicted molar refractivity (Wildman–Crippen MR) is 183 cm³/mol. The first-order valence-electron chi connectivity index (χ1n) is 15.7. The number of carbonyl (C=O) groups excluding carboxylic acids is 4. The monoisotopic (exact) mass is 654 g/mol. The molecule has 48 heavy (non-hydrogen) atoms. The van der Waals surface area contributed by atoms with Crippen LogP contribution in [0.2, 0.25) is 0 Å². The van der Waals surface area contributed by atoms with E-state index in [1.165, 1.54) is 12.0 Å². The minimum absolute atomic E-state index is 0.0530. The van der Waals surface area contributed by atoms with Crippen LogP contribution in [-0.4, -0.2) is 59.8 Å². The Morgan fingerprint density at radius 1 is 0.958 bits per heavy atom. The van der Waals surface area contributed by atoms with E-state index in [0.717, 1.165) is 27.5 Å². The van der Waals surface area contributed by atoms with Crippen molar-refractivity contribution in [2.75, 3.05) is 25.1 Å². The molecular weight excluding hydrogens is 612 g/mol. The number of nitrogens with zero attached hydrogens (tertiary/aromatic N) is 2. The summed E-state index contributed by atoms with van der Waals surface area (Å²) in [5.41, 5.74) is 2.72. The lowest BCUT2D eigenvalue weighted by molar-refractivity contribution is -0.141. The number of anilines is 1. The van der Waals surface area contributed by atoms with E-state index in [-0.39, 0.29) is 37.6 Å². The minimum Gasteiger partial charge on any atom is -0.508 e. The van der Waals surface area contributed by atoms with Crippen molar-refractivity contribution in [2.24, 2.45) is 0 Å². The Morgan fingerprint density at radius 2 is 1.71 bits per heavy atom. The number of benzene rings is 3. The lowest BCUT2D eigenvalue weighted by Gasteiger charge is -2.27. The minimum atomic E-state index is -0.709. The predicted octanol–water partition coefficient (Wildman–Crippen LogP) is 5.97. The summed E-state index contributed by atoms with van der Waals surface area (Å²) in [6, 6.07) is 21.4. The second-order valence-corrected chi connectivity index (χ2v) is 12.4. The molecule has 1 aromatic heterocycles. The molecule has 0 fully saturated rings. The SMILES string of the molecule is COC(=O)C[C@H](NC(=O)CNC(=O)CCCN(C(=O)OC(C)(C)C)c1cc(C)ccn1)c1ccc(-c2cccc3ccc(O)cc23)cc1. The molecule has 1 atom stereocenters. The van der Waals surface area contributed by atoms with Crippen molar-refractivity contribution in [3.63, 3.8) is 0 Å². The van der Waals surface area contributed by atoms with Gasteiger partial charge >= 0.3 is 12.1 Å². The van der Waals surface area contributed by atoms with Gasteiger partial charge in [-0.15, -0.1) is 0 Å². The van der Waals surface area contributed by atoms with E-state index in [0.29, 0.717) is 17.8 Å². The second-order valence-electron chi connectivity index (χ2n) is 12.4. The number of esters is 1. The van der Waals surface area contributed by atoms with Gasteiger partial charge in [-0.05, 0) is 91.4 Å². The Morgan fingerprint density at radius 3 is 2.40 bits per heavy atom. The van der Waals surface area contributed by atoms with Crippen molar-refractivity contribution in [1.29, 1.82) is 0 Å². The Balaban J connectivity index is 1.36. The van der Waals surface area contributed by atoms with Crippen LogP contribution in [0.4, 0.5) is 10.6 Å². The standard InChI is InChI=1S/C37H42N4O7/c1-24-17-18-38-32(20-24)41(36(46)48-37(2,3)4)19-7-10-33(43)39-23-34(44)40-31(22-35(45)47-5)27-13-11-26(12-14-27)29-9-6-8-25-15-16-28(42)21-30(25)29/h6,8-9,11-18,20-21,31,42H,7,10,19,22-23H2,1-5H3,(H,39,43)(H,40,44)/t31-/m0/s1. The molecule has 11 nitrogen and oxygen atoms in total. The molecule has 4 rings (SSSR count). The first-order chi connectivity index (χ1) is 22.8. The molecule has 4 aromatic rings. The average Bonchev–Trinajstić information content (AvgIpc) is 3.04. The highest BCUT2D eigenvalue weighted by Gasteiger charge is 2.25. The Kier molecular flexibility index (Phi) is 11.7. The maximum Gasteiger partial charge on any atom is 0.416 e. The summed E-state index contributed by atoms with van der Waals surface area (Å²) in [5, 5.41) is 17.3. The summed E-state index contributed by atoms with van der Waals surface area (Å²) in [6.07, 6.45) is 1.28.